The number of rotatable bonds is 6. The van der Waals surface area contributed by atoms with Crippen molar-refractivity contribution in [2.24, 2.45) is 5.92 Å². The lowest BCUT2D eigenvalue weighted by Crippen LogP contribution is -2.38. The molecule has 1 aliphatic heterocycles. The summed E-state index contributed by atoms with van der Waals surface area (Å²) in [4.78, 5) is 6.92. The minimum Gasteiger partial charge on any atom is -0.383 e. The molecule has 3 heterocycles. The molecule has 0 atom stereocenters. The molecular weight excluding hydrogens is 266 g/mol. The molecule has 0 saturated carbocycles. The second-order valence-corrected chi connectivity index (χ2v) is 5.54. The van der Waals surface area contributed by atoms with Gasteiger partial charge in [0.1, 0.15) is 5.52 Å². The summed E-state index contributed by atoms with van der Waals surface area (Å²) >= 11 is 0. The van der Waals surface area contributed by atoms with E-state index in [9.17, 15) is 0 Å². The van der Waals surface area contributed by atoms with Crippen LogP contribution in [0.4, 0.5) is 5.82 Å². The Morgan fingerprint density at radius 1 is 1.33 bits per heavy atom. The Morgan fingerprint density at radius 2 is 2.19 bits per heavy atom. The van der Waals surface area contributed by atoms with Gasteiger partial charge in [0.25, 0.3) is 0 Å². The van der Waals surface area contributed by atoms with Crippen LogP contribution in [-0.4, -0.2) is 54.5 Å². The second kappa shape index (κ2) is 6.87. The molecule has 0 aromatic carbocycles. The molecule has 2 aromatic heterocycles. The molecule has 21 heavy (non-hydrogen) atoms. The van der Waals surface area contributed by atoms with Gasteiger partial charge in [0.05, 0.1) is 12.8 Å². The molecule has 2 aromatic rings. The number of ether oxygens (including phenoxy) is 1. The van der Waals surface area contributed by atoms with Gasteiger partial charge in [-0.15, -0.1) is 0 Å². The van der Waals surface area contributed by atoms with Gasteiger partial charge in [-0.05, 0) is 31.4 Å². The van der Waals surface area contributed by atoms with E-state index in [-0.39, 0.29) is 0 Å². The smallest absolute Gasteiger partial charge is 0.154 e. The van der Waals surface area contributed by atoms with Crippen LogP contribution in [-0.2, 0) is 4.74 Å². The molecule has 0 radical (unpaired) electrons. The van der Waals surface area contributed by atoms with Gasteiger partial charge in [0.2, 0.25) is 0 Å². The van der Waals surface area contributed by atoms with Crippen LogP contribution in [0.15, 0.2) is 24.7 Å². The summed E-state index contributed by atoms with van der Waals surface area (Å²) in [5.74, 6) is 1.81. The van der Waals surface area contributed by atoms with Gasteiger partial charge < -0.3 is 15.0 Å². The highest BCUT2D eigenvalue weighted by atomic mass is 16.5. The molecule has 0 spiro atoms. The largest absolute Gasteiger partial charge is 0.383 e. The molecule has 0 bridgehead atoms. The quantitative estimate of drug-likeness (QED) is 0.809. The van der Waals surface area contributed by atoms with Gasteiger partial charge in [-0.25, -0.2) is 9.50 Å². The SMILES string of the molecule is COCCNCC1CCN(c2nccn3nccc23)CC1. The molecule has 1 saturated heterocycles. The van der Waals surface area contributed by atoms with Crippen molar-refractivity contribution < 1.29 is 4.74 Å². The summed E-state index contributed by atoms with van der Waals surface area (Å²) < 4.78 is 6.94. The van der Waals surface area contributed by atoms with Gasteiger partial charge >= 0.3 is 0 Å². The van der Waals surface area contributed by atoms with Crippen molar-refractivity contribution in [3.8, 4) is 0 Å². The monoisotopic (exact) mass is 289 g/mol. The number of anilines is 1. The molecule has 3 rings (SSSR count). The first-order valence-corrected chi connectivity index (χ1v) is 7.61. The van der Waals surface area contributed by atoms with Crippen molar-refractivity contribution in [2.75, 3.05) is 44.8 Å². The Balaban J connectivity index is 1.55. The van der Waals surface area contributed by atoms with Crippen molar-refractivity contribution >= 4 is 11.3 Å². The number of hydrogen-bond acceptors (Lipinski definition) is 5. The van der Waals surface area contributed by atoms with Crippen LogP contribution >= 0.6 is 0 Å². The lowest BCUT2D eigenvalue weighted by Gasteiger charge is -2.33. The van der Waals surface area contributed by atoms with Gasteiger partial charge in [-0.3, -0.25) is 0 Å². The Kier molecular flexibility index (Phi) is 4.67. The van der Waals surface area contributed by atoms with E-state index in [1.54, 1.807) is 7.11 Å². The summed E-state index contributed by atoms with van der Waals surface area (Å²) in [7, 11) is 1.74. The van der Waals surface area contributed by atoms with Gasteiger partial charge in [0.15, 0.2) is 5.82 Å². The predicted molar refractivity (Wildman–Crippen MR) is 82.7 cm³/mol. The molecule has 1 N–H and O–H groups in total. The molecule has 1 aliphatic rings. The number of piperidine rings is 1. The van der Waals surface area contributed by atoms with E-state index in [4.69, 9.17) is 4.74 Å². The number of aromatic nitrogens is 3. The number of fused-ring (bicyclic) bond motifs is 1. The van der Waals surface area contributed by atoms with E-state index < -0.39 is 0 Å². The summed E-state index contributed by atoms with van der Waals surface area (Å²) in [6, 6.07) is 2.03. The number of hydrogen-bond donors (Lipinski definition) is 1. The number of methoxy groups -OCH3 is 1. The lowest BCUT2D eigenvalue weighted by molar-refractivity contribution is 0.197. The van der Waals surface area contributed by atoms with Crippen molar-refractivity contribution in [3.05, 3.63) is 24.7 Å². The molecule has 0 aliphatic carbocycles. The molecule has 0 unspecified atom stereocenters. The molecule has 6 heteroatoms. The zero-order valence-electron chi connectivity index (χ0n) is 12.5. The highest BCUT2D eigenvalue weighted by Gasteiger charge is 2.21. The average molecular weight is 289 g/mol. The highest BCUT2D eigenvalue weighted by molar-refractivity contribution is 5.68. The minimum atomic E-state index is 0.753. The van der Waals surface area contributed by atoms with E-state index in [0.717, 1.165) is 50.0 Å². The standard InChI is InChI=1S/C15H23N5O/c1-21-11-7-16-12-13-3-8-19(9-4-13)15-14-2-5-18-20(14)10-6-17-15/h2,5-6,10,13,16H,3-4,7-9,11-12H2,1H3. The zero-order chi connectivity index (χ0) is 14.5. The third-order valence-corrected chi connectivity index (χ3v) is 4.13. The molecule has 114 valence electrons. The zero-order valence-corrected chi connectivity index (χ0v) is 12.5. The Hall–Kier alpha value is -1.66. The van der Waals surface area contributed by atoms with Gasteiger partial charge in [0, 0.05) is 39.1 Å². The van der Waals surface area contributed by atoms with Crippen LogP contribution in [0, 0.1) is 5.92 Å². The highest BCUT2D eigenvalue weighted by Crippen LogP contribution is 2.24. The van der Waals surface area contributed by atoms with Crippen molar-refractivity contribution in [2.45, 2.75) is 12.8 Å². The van der Waals surface area contributed by atoms with E-state index in [1.165, 1.54) is 12.8 Å². The second-order valence-electron chi connectivity index (χ2n) is 5.54. The number of nitrogens with zero attached hydrogens (tertiary/aromatic N) is 4. The first kappa shape index (κ1) is 14.3. The topological polar surface area (TPSA) is 54.7 Å². The van der Waals surface area contributed by atoms with Gasteiger partial charge in [-0.2, -0.15) is 5.10 Å². The third kappa shape index (κ3) is 3.33. The summed E-state index contributed by atoms with van der Waals surface area (Å²) in [5, 5.41) is 7.74. The summed E-state index contributed by atoms with van der Waals surface area (Å²) in [6.45, 7) is 4.93. The number of nitrogens with one attached hydrogen (secondary N) is 1. The van der Waals surface area contributed by atoms with E-state index in [0.29, 0.717) is 0 Å². The molecular formula is C15H23N5O. The van der Waals surface area contributed by atoms with Gasteiger partial charge in [-0.1, -0.05) is 0 Å². The maximum absolute atomic E-state index is 5.05. The first-order valence-electron chi connectivity index (χ1n) is 7.61. The lowest BCUT2D eigenvalue weighted by atomic mass is 9.97. The van der Waals surface area contributed by atoms with Crippen molar-refractivity contribution in [3.63, 3.8) is 0 Å². The molecule has 0 amide bonds. The van der Waals surface area contributed by atoms with Crippen molar-refractivity contribution in [1.82, 2.24) is 19.9 Å². The van der Waals surface area contributed by atoms with Crippen LogP contribution < -0.4 is 10.2 Å². The fourth-order valence-corrected chi connectivity index (χ4v) is 2.92. The summed E-state index contributed by atoms with van der Waals surface area (Å²) in [6.07, 6.45) is 7.96. The normalized spacial score (nSPS) is 16.7. The average Bonchev–Trinajstić information content (AvgIpc) is 3.01. The van der Waals surface area contributed by atoms with E-state index >= 15 is 0 Å². The van der Waals surface area contributed by atoms with Crippen molar-refractivity contribution in [1.29, 1.82) is 0 Å². The fraction of sp³-hybridized carbons (Fsp3) is 0.600. The van der Waals surface area contributed by atoms with Crippen LogP contribution in [0.25, 0.3) is 5.52 Å². The first-order chi connectivity index (χ1) is 10.4. The molecule has 6 nitrogen and oxygen atoms in total. The predicted octanol–water partition coefficient (Wildman–Crippen LogP) is 1.18. The summed E-state index contributed by atoms with van der Waals surface area (Å²) in [5.41, 5.74) is 1.09. The Labute approximate surface area is 125 Å². The Bertz CT molecular complexity index is 562. The van der Waals surface area contributed by atoms with E-state index in [2.05, 4.69) is 20.3 Å². The fourth-order valence-electron chi connectivity index (χ4n) is 2.92. The molecule has 1 fully saturated rings. The minimum absolute atomic E-state index is 0.753. The maximum atomic E-state index is 5.05. The van der Waals surface area contributed by atoms with Crippen LogP contribution in [0.1, 0.15) is 12.8 Å². The van der Waals surface area contributed by atoms with Crippen LogP contribution in [0.5, 0.6) is 0 Å². The Morgan fingerprint density at radius 3 is 3.00 bits per heavy atom. The maximum Gasteiger partial charge on any atom is 0.154 e. The van der Waals surface area contributed by atoms with E-state index in [1.807, 2.05) is 29.2 Å². The van der Waals surface area contributed by atoms with Crippen LogP contribution in [0.3, 0.4) is 0 Å². The third-order valence-electron chi connectivity index (χ3n) is 4.13. The van der Waals surface area contributed by atoms with Crippen LogP contribution in [0.2, 0.25) is 0 Å².